The molecule has 0 radical (unpaired) electrons. The maximum Gasteiger partial charge on any atom is 0.237 e. The number of anilines is 3. The van der Waals surface area contributed by atoms with Crippen molar-refractivity contribution in [1.29, 1.82) is 0 Å². The molecule has 0 spiro atoms. The van der Waals surface area contributed by atoms with Crippen molar-refractivity contribution >= 4 is 28.7 Å². The van der Waals surface area contributed by atoms with Gasteiger partial charge in [-0.2, -0.15) is 0 Å². The summed E-state index contributed by atoms with van der Waals surface area (Å²) >= 11 is 0. The second-order valence-electron chi connectivity index (χ2n) is 12.9. The molecule has 1 aromatic heterocycles. The Morgan fingerprint density at radius 1 is 1.18 bits per heavy atom. The fourth-order valence-corrected chi connectivity index (χ4v) is 7.35. The summed E-state index contributed by atoms with van der Waals surface area (Å²) in [6.45, 7) is 17.4. The van der Waals surface area contributed by atoms with Crippen molar-refractivity contribution in [2.75, 3.05) is 68.0 Å². The number of carbonyl (C=O) groups is 1. The van der Waals surface area contributed by atoms with Crippen LogP contribution < -0.4 is 20.3 Å². The Kier molecular flexibility index (Phi) is 9.73. The van der Waals surface area contributed by atoms with Gasteiger partial charge >= 0.3 is 0 Å². The van der Waals surface area contributed by atoms with Crippen LogP contribution in [0, 0.1) is 12.8 Å². The molecule has 2 N–H and O–H groups in total. The van der Waals surface area contributed by atoms with Crippen molar-refractivity contribution < 1.29 is 9.53 Å². The molecule has 1 aromatic carbocycles. The molecule has 9 heteroatoms. The maximum absolute atomic E-state index is 13.1. The van der Waals surface area contributed by atoms with Crippen LogP contribution in [0.5, 0.6) is 5.88 Å². The van der Waals surface area contributed by atoms with E-state index in [9.17, 15) is 4.79 Å². The van der Waals surface area contributed by atoms with Gasteiger partial charge in [0.15, 0.2) is 0 Å². The van der Waals surface area contributed by atoms with Crippen molar-refractivity contribution in [3.05, 3.63) is 65.6 Å². The van der Waals surface area contributed by atoms with Crippen LogP contribution in [0.3, 0.4) is 0 Å². The summed E-state index contributed by atoms with van der Waals surface area (Å²) in [6.07, 6.45) is 10.7. The molecule has 3 fully saturated rings. The van der Waals surface area contributed by atoms with Crippen molar-refractivity contribution in [1.82, 2.24) is 14.8 Å². The van der Waals surface area contributed by atoms with E-state index in [1.165, 1.54) is 31.3 Å². The van der Waals surface area contributed by atoms with E-state index in [0.29, 0.717) is 31.3 Å². The third kappa shape index (κ3) is 7.19. The zero-order valence-corrected chi connectivity index (χ0v) is 27.3. The third-order valence-electron chi connectivity index (χ3n) is 10.1. The van der Waals surface area contributed by atoms with Gasteiger partial charge in [-0.15, -0.1) is 0 Å². The Hall–Kier alpha value is -3.85. The summed E-state index contributed by atoms with van der Waals surface area (Å²) < 4.78 is 5.73. The van der Waals surface area contributed by atoms with Gasteiger partial charge in [0.05, 0.1) is 30.6 Å². The molecule has 2 aromatic rings. The predicted molar refractivity (Wildman–Crippen MR) is 183 cm³/mol. The van der Waals surface area contributed by atoms with E-state index in [0.717, 1.165) is 91.5 Å². The van der Waals surface area contributed by atoms with Crippen molar-refractivity contribution in [3.8, 4) is 5.88 Å². The Morgan fingerprint density at radius 2 is 1.98 bits per heavy atom. The lowest BCUT2D eigenvalue weighted by molar-refractivity contribution is -0.132. The summed E-state index contributed by atoms with van der Waals surface area (Å²) in [5.74, 6) is 2.38. The Morgan fingerprint density at radius 3 is 2.71 bits per heavy atom. The molecular weight excluding hydrogens is 562 g/mol. The zero-order valence-electron chi connectivity index (χ0n) is 27.3. The van der Waals surface area contributed by atoms with Gasteiger partial charge in [-0.1, -0.05) is 38.1 Å². The topological polar surface area (TPSA) is 85.3 Å². The second-order valence-corrected chi connectivity index (χ2v) is 12.9. The van der Waals surface area contributed by atoms with Crippen LogP contribution in [-0.4, -0.2) is 84.9 Å². The molecule has 3 aliphatic heterocycles. The highest BCUT2D eigenvalue weighted by atomic mass is 16.5. The van der Waals surface area contributed by atoms with Gasteiger partial charge in [0.2, 0.25) is 11.8 Å². The minimum Gasteiger partial charge on any atom is -0.474 e. The van der Waals surface area contributed by atoms with Gasteiger partial charge < -0.3 is 25.2 Å². The average Bonchev–Trinajstić information content (AvgIpc) is 3.56. The summed E-state index contributed by atoms with van der Waals surface area (Å²) in [7, 11) is 0. The smallest absolute Gasteiger partial charge is 0.237 e. The number of hydrogen-bond donors (Lipinski definition) is 2. The number of aliphatic imine (C=N–C) groups is 1. The molecule has 9 nitrogen and oxygen atoms in total. The summed E-state index contributed by atoms with van der Waals surface area (Å²) in [5.41, 5.74) is 7.41. The van der Waals surface area contributed by atoms with Gasteiger partial charge in [-0.05, 0) is 68.7 Å². The molecule has 2 saturated heterocycles. The quantitative estimate of drug-likeness (QED) is 0.400. The van der Waals surface area contributed by atoms with Crippen molar-refractivity contribution in [2.24, 2.45) is 10.9 Å². The number of nitrogens with one attached hydrogen (secondary N) is 2. The number of nitrogens with zero attached hydrogens (tertiary/aromatic N) is 5. The lowest BCUT2D eigenvalue weighted by atomic mass is 10.00. The molecule has 1 amide bonds. The zero-order chi connectivity index (χ0) is 31.3. The van der Waals surface area contributed by atoms with Crippen LogP contribution in [0.25, 0.3) is 0 Å². The van der Waals surface area contributed by atoms with Gasteiger partial charge in [0.1, 0.15) is 18.1 Å². The van der Waals surface area contributed by atoms with Crippen molar-refractivity contribution in [2.45, 2.75) is 65.3 Å². The lowest BCUT2D eigenvalue weighted by Gasteiger charge is -2.38. The summed E-state index contributed by atoms with van der Waals surface area (Å²) in [6, 6.07) is 8.80. The molecule has 1 saturated carbocycles. The average molecular weight is 612 g/mol. The first-order valence-corrected chi connectivity index (χ1v) is 16.8. The van der Waals surface area contributed by atoms with E-state index in [-0.39, 0.29) is 5.91 Å². The molecule has 2 atom stereocenters. The highest BCUT2D eigenvalue weighted by Gasteiger charge is 2.31. The molecule has 1 aliphatic carbocycles. The number of amides is 1. The van der Waals surface area contributed by atoms with Crippen LogP contribution in [0.4, 0.5) is 17.1 Å². The standard InChI is InChI=1S/C36H49N7O2/c1-5-27-9-12-31(21-27)41-16-18-42(19-17-41)34(44)22-28-7-10-30(11-8-28)39-26(4)40-32-24-43(15-13-29(32)6-2)33-23-38-36-35(25(33)3)37-14-20-45-36/h6-8,10-11,23,27,31,37,39H,4-5,9,12-22,24H2,1-3H3/b29-6-,40-32-. The molecule has 2 unspecified atom stereocenters. The number of aromatic nitrogens is 1. The first-order chi connectivity index (χ1) is 21.9. The van der Waals surface area contributed by atoms with Crippen LogP contribution in [-0.2, 0) is 11.2 Å². The number of piperazine rings is 1. The van der Waals surface area contributed by atoms with E-state index in [1.54, 1.807) is 0 Å². The molecule has 4 heterocycles. The van der Waals surface area contributed by atoms with Crippen LogP contribution in [0.15, 0.2) is 59.5 Å². The number of pyridine rings is 1. The number of rotatable bonds is 8. The van der Waals surface area contributed by atoms with E-state index < -0.39 is 0 Å². The van der Waals surface area contributed by atoms with E-state index in [2.05, 4.69) is 58.8 Å². The minimum atomic E-state index is 0.220. The van der Waals surface area contributed by atoms with Crippen molar-refractivity contribution in [3.63, 3.8) is 0 Å². The number of fused-ring (bicyclic) bond motifs is 1. The summed E-state index contributed by atoms with van der Waals surface area (Å²) in [4.78, 5) is 29.6. The molecule has 4 aliphatic rings. The molecular formula is C36H49N7O2. The largest absolute Gasteiger partial charge is 0.474 e. The predicted octanol–water partition coefficient (Wildman–Crippen LogP) is 5.64. The number of allylic oxidation sites excluding steroid dienone is 1. The van der Waals surface area contributed by atoms with Gasteiger partial charge in [0, 0.05) is 56.6 Å². The van der Waals surface area contributed by atoms with Crippen LogP contribution in [0.2, 0.25) is 0 Å². The number of piperidine rings is 1. The SMILES string of the molecule is C=C(/N=C1/CN(c2cnc3c(c2C)NCCO3)CC/C1=C/C)Nc1ccc(CC(=O)N2CCN(C3CCC(CC)C3)CC2)cc1. The highest BCUT2D eigenvalue weighted by Crippen LogP contribution is 2.36. The first-order valence-electron chi connectivity index (χ1n) is 16.8. The Labute approximate surface area is 268 Å². The van der Waals surface area contributed by atoms with Gasteiger partial charge in [0.25, 0.3) is 0 Å². The number of benzene rings is 1. The fourth-order valence-electron chi connectivity index (χ4n) is 7.35. The number of hydrogen-bond acceptors (Lipinski definition) is 8. The van der Waals surface area contributed by atoms with Gasteiger partial charge in [-0.3, -0.25) is 9.69 Å². The fraction of sp³-hybridized carbons (Fsp3) is 0.528. The molecule has 240 valence electrons. The minimum absolute atomic E-state index is 0.220. The van der Waals surface area contributed by atoms with Crippen LogP contribution in [0.1, 0.15) is 57.1 Å². The maximum atomic E-state index is 13.1. The Bertz CT molecular complexity index is 1440. The lowest BCUT2D eigenvalue weighted by Crippen LogP contribution is -2.51. The van der Waals surface area contributed by atoms with E-state index in [1.807, 2.05) is 35.4 Å². The number of ether oxygens (including phenoxy) is 1. The highest BCUT2D eigenvalue weighted by molar-refractivity contribution is 6.05. The molecule has 45 heavy (non-hydrogen) atoms. The molecule has 0 bridgehead atoms. The van der Waals surface area contributed by atoms with E-state index >= 15 is 0 Å². The van der Waals surface area contributed by atoms with Gasteiger partial charge in [-0.25, -0.2) is 9.98 Å². The Balaban J connectivity index is 1.02. The summed E-state index contributed by atoms with van der Waals surface area (Å²) in [5, 5.41) is 6.80. The first kappa shape index (κ1) is 31.1. The normalized spacial score (nSPS) is 23.9. The van der Waals surface area contributed by atoms with E-state index in [4.69, 9.17) is 9.73 Å². The number of carbonyl (C=O) groups excluding carboxylic acids is 1. The molecule has 6 rings (SSSR count). The van der Waals surface area contributed by atoms with Crippen LogP contribution >= 0.6 is 0 Å². The third-order valence-corrected chi connectivity index (χ3v) is 10.1. The second kappa shape index (κ2) is 14.1. The monoisotopic (exact) mass is 611 g/mol.